The molecule has 0 aliphatic carbocycles. The molecule has 1 heterocycles. The van der Waals surface area contributed by atoms with Crippen molar-refractivity contribution in [1.29, 1.82) is 0 Å². The van der Waals surface area contributed by atoms with E-state index in [-0.39, 0.29) is 11.0 Å². The van der Waals surface area contributed by atoms with E-state index in [1.807, 2.05) is 38.1 Å². The van der Waals surface area contributed by atoms with E-state index in [0.29, 0.717) is 17.9 Å². The Morgan fingerprint density at radius 2 is 1.85 bits per heavy atom. The van der Waals surface area contributed by atoms with Crippen LogP contribution in [0, 0.1) is 6.92 Å². The molecule has 1 aromatic heterocycles. The van der Waals surface area contributed by atoms with E-state index < -0.39 is 11.2 Å². The summed E-state index contributed by atoms with van der Waals surface area (Å²) in [7, 11) is 0. The Balaban J connectivity index is 1.95. The summed E-state index contributed by atoms with van der Waals surface area (Å²) in [5, 5.41) is 8.79. The predicted octanol–water partition coefficient (Wildman–Crippen LogP) is 4.08. The highest BCUT2D eigenvalue weighted by Crippen LogP contribution is 2.33. The fourth-order valence-corrected chi connectivity index (χ4v) is 2.28. The molecule has 0 radical (unpaired) electrons. The van der Waals surface area contributed by atoms with Gasteiger partial charge >= 0.3 is 6.18 Å². The van der Waals surface area contributed by atoms with E-state index in [4.69, 9.17) is 0 Å². The molecule has 2 rings (SSSR count). The zero-order valence-corrected chi connectivity index (χ0v) is 11.8. The Morgan fingerprint density at radius 3 is 2.40 bits per heavy atom. The second kappa shape index (κ2) is 5.78. The molecule has 0 amide bonds. The van der Waals surface area contributed by atoms with Crippen molar-refractivity contribution < 1.29 is 13.2 Å². The third-order valence-corrected chi connectivity index (χ3v) is 3.80. The molecule has 0 saturated heterocycles. The normalized spacial score (nSPS) is 13.2. The molecule has 0 spiro atoms. The molecular formula is C13H14F3N3S. The SMILES string of the molecule is Cc1ccc(C(C)CNc2nnc(C(F)(F)F)s2)cc1. The van der Waals surface area contributed by atoms with Gasteiger partial charge in [-0.05, 0) is 18.4 Å². The summed E-state index contributed by atoms with van der Waals surface area (Å²) < 4.78 is 37.1. The fraction of sp³-hybridized carbons (Fsp3) is 0.385. The van der Waals surface area contributed by atoms with Gasteiger partial charge in [0.1, 0.15) is 0 Å². The number of hydrogen-bond acceptors (Lipinski definition) is 4. The van der Waals surface area contributed by atoms with Crippen molar-refractivity contribution in [2.75, 3.05) is 11.9 Å². The molecule has 108 valence electrons. The Labute approximate surface area is 118 Å². The van der Waals surface area contributed by atoms with Crippen molar-refractivity contribution in [3.8, 4) is 0 Å². The summed E-state index contributed by atoms with van der Waals surface area (Å²) in [5.41, 5.74) is 2.30. The third-order valence-electron chi connectivity index (χ3n) is 2.87. The number of benzene rings is 1. The first kappa shape index (κ1) is 14.8. The van der Waals surface area contributed by atoms with Crippen molar-refractivity contribution in [2.45, 2.75) is 25.9 Å². The first-order valence-electron chi connectivity index (χ1n) is 6.07. The monoisotopic (exact) mass is 301 g/mol. The highest BCUT2D eigenvalue weighted by molar-refractivity contribution is 7.15. The van der Waals surface area contributed by atoms with Gasteiger partial charge in [-0.15, -0.1) is 10.2 Å². The lowest BCUT2D eigenvalue weighted by Gasteiger charge is -2.12. The number of nitrogens with zero attached hydrogens (tertiary/aromatic N) is 2. The number of aromatic nitrogens is 2. The molecule has 20 heavy (non-hydrogen) atoms. The number of nitrogens with one attached hydrogen (secondary N) is 1. The lowest BCUT2D eigenvalue weighted by Crippen LogP contribution is -2.09. The topological polar surface area (TPSA) is 37.8 Å². The van der Waals surface area contributed by atoms with Crippen molar-refractivity contribution in [2.24, 2.45) is 0 Å². The summed E-state index contributed by atoms with van der Waals surface area (Å²) in [4.78, 5) is 0. The van der Waals surface area contributed by atoms with Crippen LogP contribution in [0.25, 0.3) is 0 Å². The summed E-state index contributed by atoms with van der Waals surface area (Å²) >= 11 is 0.521. The maximum absolute atomic E-state index is 12.4. The highest BCUT2D eigenvalue weighted by atomic mass is 32.1. The summed E-state index contributed by atoms with van der Waals surface area (Å²) in [5.74, 6) is 0.175. The van der Waals surface area contributed by atoms with Gasteiger partial charge in [-0.1, -0.05) is 48.1 Å². The van der Waals surface area contributed by atoms with Crippen molar-refractivity contribution in [3.05, 3.63) is 40.4 Å². The van der Waals surface area contributed by atoms with Gasteiger partial charge in [0.25, 0.3) is 0 Å². The molecular weight excluding hydrogens is 287 g/mol. The molecule has 0 aliphatic rings. The molecule has 3 nitrogen and oxygen atoms in total. The van der Waals surface area contributed by atoms with Gasteiger partial charge < -0.3 is 5.32 Å². The molecule has 1 N–H and O–H groups in total. The van der Waals surface area contributed by atoms with Crippen LogP contribution in [0.2, 0.25) is 0 Å². The van der Waals surface area contributed by atoms with Gasteiger partial charge in [0.15, 0.2) is 0 Å². The van der Waals surface area contributed by atoms with Crippen LogP contribution in [0.5, 0.6) is 0 Å². The van der Waals surface area contributed by atoms with Crippen molar-refractivity contribution in [3.63, 3.8) is 0 Å². The molecule has 0 bridgehead atoms. The minimum absolute atomic E-state index is 0.175. The number of aryl methyl sites for hydroxylation is 1. The summed E-state index contributed by atoms with van der Waals surface area (Å²) in [6.45, 7) is 4.52. The average molecular weight is 301 g/mol. The maximum atomic E-state index is 12.4. The third kappa shape index (κ3) is 3.69. The highest BCUT2D eigenvalue weighted by Gasteiger charge is 2.35. The Hall–Kier alpha value is -1.63. The second-order valence-electron chi connectivity index (χ2n) is 4.60. The molecule has 0 fully saturated rings. The minimum atomic E-state index is -4.43. The first-order chi connectivity index (χ1) is 9.36. The number of alkyl halides is 3. The maximum Gasteiger partial charge on any atom is 0.445 e. The zero-order chi connectivity index (χ0) is 14.8. The van der Waals surface area contributed by atoms with E-state index in [0.717, 1.165) is 5.56 Å². The lowest BCUT2D eigenvalue weighted by molar-refractivity contribution is -0.138. The second-order valence-corrected chi connectivity index (χ2v) is 5.58. The van der Waals surface area contributed by atoms with Gasteiger partial charge in [-0.2, -0.15) is 13.2 Å². The Kier molecular flexibility index (Phi) is 4.27. The minimum Gasteiger partial charge on any atom is -0.359 e. The first-order valence-corrected chi connectivity index (χ1v) is 6.89. The Morgan fingerprint density at radius 1 is 1.20 bits per heavy atom. The van der Waals surface area contributed by atoms with E-state index in [9.17, 15) is 13.2 Å². The van der Waals surface area contributed by atoms with E-state index >= 15 is 0 Å². The van der Waals surface area contributed by atoms with Gasteiger partial charge in [-0.3, -0.25) is 0 Å². The van der Waals surface area contributed by atoms with E-state index in [1.54, 1.807) is 0 Å². The van der Waals surface area contributed by atoms with E-state index in [1.165, 1.54) is 5.56 Å². The smallest absolute Gasteiger partial charge is 0.359 e. The Bertz CT molecular complexity index is 563. The van der Waals surface area contributed by atoms with Crippen LogP contribution in [0.3, 0.4) is 0 Å². The largest absolute Gasteiger partial charge is 0.445 e. The number of hydrogen-bond donors (Lipinski definition) is 1. The zero-order valence-electron chi connectivity index (χ0n) is 11.0. The van der Waals surface area contributed by atoms with Gasteiger partial charge in [-0.25, -0.2) is 0 Å². The van der Waals surface area contributed by atoms with Crippen molar-refractivity contribution >= 4 is 16.5 Å². The molecule has 0 aliphatic heterocycles. The number of rotatable bonds is 4. The fourth-order valence-electron chi connectivity index (χ4n) is 1.66. The number of anilines is 1. The van der Waals surface area contributed by atoms with Crippen LogP contribution in [0.4, 0.5) is 18.3 Å². The van der Waals surface area contributed by atoms with Gasteiger partial charge in [0.2, 0.25) is 10.1 Å². The van der Waals surface area contributed by atoms with Crippen LogP contribution < -0.4 is 5.32 Å². The standard InChI is InChI=1S/C13H14F3N3S/c1-8-3-5-10(6-4-8)9(2)7-17-12-19-18-11(20-12)13(14,15)16/h3-6,9H,7H2,1-2H3,(H,17,19). The van der Waals surface area contributed by atoms with Crippen molar-refractivity contribution in [1.82, 2.24) is 10.2 Å². The van der Waals surface area contributed by atoms with Gasteiger partial charge in [0, 0.05) is 6.54 Å². The lowest BCUT2D eigenvalue weighted by atomic mass is 10.0. The predicted molar refractivity (Wildman–Crippen MR) is 73.0 cm³/mol. The quantitative estimate of drug-likeness (QED) is 0.924. The van der Waals surface area contributed by atoms with Crippen LogP contribution in [-0.4, -0.2) is 16.7 Å². The van der Waals surface area contributed by atoms with Crippen LogP contribution in [-0.2, 0) is 6.18 Å². The molecule has 2 aromatic rings. The summed E-state index contributed by atoms with van der Waals surface area (Å²) in [6, 6.07) is 8.06. The summed E-state index contributed by atoms with van der Waals surface area (Å²) in [6.07, 6.45) is -4.43. The molecule has 1 aromatic carbocycles. The van der Waals surface area contributed by atoms with E-state index in [2.05, 4.69) is 15.5 Å². The van der Waals surface area contributed by atoms with Crippen LogP contribution >= 0.6 is 11.3 Å². The van der Waals surface area contributed by atoms with Crippen LogP contribution in [0.1, 0.15) is 29.0 Å². The average Bonchev–Trinajstić information content (AvgIpc) is 2.85. The molecule has 0 saturated carbocycles. The number of halogens is 3. The van der Waals surface area contributed by atoms with Gasteiger partial charge in [0.05, 0.1) is 0 Å². The van der Waals surface area contributed by atoms with Crippen LogP contribution in [0.15, 0.2) is 24.3 Å². The molecule has 1 unspecified atom stereocenters. The molecule has 1 atom stereocenters. The molecule has 7 heteroatoms.